The molecule has 1 amide bonds. The van der Waals surface area contributed by atoms with Gasteiger partial charge in [-0.2, -0.15) is 0 Å². The molecule has 0 spiro atoms. The smallest absolute Gasteiger partial charge is 0.227 e. The molecule has 0 aromatic heterocycles. The van der Waals surface area contributed by atoms with Gasteiger partial charge in [0.2, 0.25) is 5.91 Å². The Balaban J connectivity index is 2.77. The number of halogens is 2. The normalized spacial score (nSPS) is 12.3. The van der Waals surface area contributed by atoms with Crippen LogP contribution in [0.3, 0.4) is 0 Å². The number of carbonyl (C=O) groups is 1. The molecule has 1 rings (SSSR count). The fraction of sp³-hybridized carbons (Fsp3) is 0.364. The molecule has 0 aliphatic heterocycles. The van der Waals surface area contributed by atoms with Crippen LogP contribution in [0.4, 0.5) is 5.69 Å². The van der Waals surface area contributed by atoms with E-state index in [-0.39, 0.29) is 11.8 Å². The third kappa shape index (κ3) is 3.61. The van der Waals surface area contributed by atoms with E-state index in [2.05, 4.69) is 37.2 Å². The van der Waals surface area contributed by atoms with E-state index in [1.165, 1.54) is 0 Å². The molecule has 4 heteroatoms. The zero-order valence-corrected chi connectivity index (χ0v) is 11.9. The number of nitrogens with one attached hydrogen (secondary N) is 1. The summed E-state index contributed by atoms with van der Waals surface area (Å²) in [4.78, 5) is 11.6. The lowest BCUT2D eigenvalue weighted by atomic mass is 10.1. The van der Waals surface area contributed by atoms with Crippen molar-refractivity contribution in [2.45, 2.75) is 20.3 Å². The molecule has 1 unspecified atom stereocenters. The molecule has 2 nitrogen and oxygen atoms in total. The van der Waals surface area contributed by atoms with Gasteiger partial charge in [-0.05, 0) is 40.5 Å². The maximum absolute atomic E-state index is 11.6. The third-order valence-corrected chi connectivity index (χ3v) is 3.40. The summed E-state index contributed by atoms with van der Waals surface area (Å²) in [6.45, 7) is 3.92. The molecule has 82 valence electrons. The van der Waals surface area contributed by atoms with Crippen LogP contribution in [0.1, 0.15) is 20.3 Å². The summed E-state index contributed by atoms with van der Waals surface area (Å²) in [5, 5.41) is 2.88. The fourth-order valence-electron chi connectivity index (χ4n) is 1.03. The second-order valence-corrected chi connectivity index (χ2v) is 5.19. The van der Waals surface area contributed by atoms with Crippen molar-refractivity contribution in [3.8, 4) is 0 Å². The van der Waals surface area contributed by atoms with Crippen LogP contribution in [0, 0.1) is 5.92 Å². The number of benzene rings is 1. The van der Waals surface area contributed by atoms with Gasteiger partial charge in [-0.1, -0.05) is 29.8 Å². The van der Waals surface area contributed by atoms with Gasteiger partial charge in [0.1, 0.15) is 0 Å². The molecule has 0 radical (unpaired) electrons. The van der Waals surface area contributed by atoms with Gasteiger partial charge >= 0.3 is 0 Å². The highest BCUT2D eigenvalue weighted by Gasteiger charge is 2.11. The fourth-order valence-corrected chi connectivity index (χ4v) is 2.18. The van der Waals surface area contributed by atoms with Crippen LogP contribution >= 0.6 is 31.9 Å². The number of hydrogen-bond donors (Lipinski definition) is 1. The van der Waals surface area contributed by atoms with Gasteiger partial charge in [0.15, 0.2) is 0 Å². The minimum absolute atomic E-state index is 0.0422. The lowest BCUT2D eigenvalue weighted by molar-refractivity contribution is -0.119. The Bertz CT molecular complexity index is 366. The monoisotopic (exact) mass is 333 g/mol. The summed E-state index contributed by atoms with van der Waals surface area (Å²) in [5.41, 5.74) is 0.809. The molecule has 0 saturated carbocycles. The summed E-state index contributed by atoms with van der Waals surface area (Å²) in [6, 6.07) is 5.68. The Morgan fingerprint density at radius 1 is 1.47 bits per heavy atom. The van der Waals surface area contributed by atoms with Gasteiger partial charge in [0, 0.05) is 14.9 Å². The Kier molecular flexibility index (Phi) is 4.80. The Morgan fingerprint density at radius 3 is 2.67 bits per heavy atom. The molecule has 1 atom stereocenters. The van der Waals surface area contributed by atoms with Crippen LogP contribution in [0.5, 0.6) is 0 Å². The highest BCUT2D eigenvalue weighted by molar-refractivity contribution is 9.11. The predicted octanol–water partition coefficient (Wildman–Crippen LogP) is 4.20. The number of carbonyl (C=O) groups excluding carboxylic acids is 1. The minimum Gasteiger partial charge on any atom is -0.325 e. The van der Waals surface area contributed by atoms with Crippen LogP contribution < -0.4 is 5.32 Å². The average molecular weight is 335 g/mol. The molecule has 1 N–H and O–H groups in total. The van der Waals surface area contributed by atoms with Crippen LogP contribution in [-0.2, 0) is 4.79 Å². The molecule has 1 aromatic carbocycles. The van der Waals surface area contributed by atoms with Crippen molar-refractivity contribution < 1.29 is 4.79 Å². The number of hydrogen-bond acceptors (Lipinski definition) is 1. The minimum atomic E-state index is 0.0422. The predicted molar refractivity (Wildman–Crippen MR) is 69.9 cm³/mol. The first-order valence-corrected chi connectivity index (χ1v) is 6.39. The highest BCUT2D eigenvalue weighted by Crippen LogP contribution is 2.26. The van der Waals surface area contributed by atoms with E-state index >= 15 is 0 Å². The number of rotatable bonds is 3. The van der Waals surface area contributed by atoms with E-state index < -0.39 is 0 Å². The van der Waals surface area contributed by atoms with Crippen molar-refractivity contribution in [1.82, 2.24) is 0 Å². The van der Waals surface area contributed by atoms with Gasteiger partial charge in [0.25, 0.3) is 0 Å². The SMILES string of the molecule is CCC(C)C(=O)Nc1ccc(Br)cc1Br. The average Bonchev–Trinajstić information content (AvgIpc) is 2.20. The van der Waals surface area contributed by atoms with Crippen LogP contribution in [-0.4, -0.2) is 5.91 Å². The molecular formula is C11H13Br2NO. The summed E-state index contributed by atoms with van der Waals surface area (Å²) in [6.07, 6.45) is 0.847. The molecule has 0 fully saturated rings. The Morgan fingerprint density at radius 2 is 2.13 bits per heavy atom. The number of anilines is 1. The van der Waals surface area contributed by atoms with E-state index in [1.807, 2.05) is 32.0 Å². The van der Waals surface area contributed by atoms with E-state index in [4.69, 9.17) is 0 Å². The number of amides is 1. The summed E-state index contributed by atoms with van der Waals surface area (Å²) in [7, 11) is 0. The van der Waals surface area contributed by atoms with Crippen LogP contribution in [0.25, 0.3) is 0 Å². The van der Waals surface area contributed by atoms with Gasteiger partial charge in [-0.25, -0.2) is 0 Å². The summed E-state index contributed by atoms with van der Waals surface area (Å²) in [5.74, 6) is 0.0982. The van der Waals surface area contributed by atoms with Gasteiger partial charge in [-0.3, -0.25) is 4.79 Å². The van der Waals surface area contributed by atoms with Gasteiger partial charge < -0.3 is 5.32 Å². The molecule has 0 saturated heterocycles. The first-order valence-electron chi connectivity index (χ1n) is 4.80. The summed E-state index contributed by atoms with van der Waals surface area (Å²) >= 11 is 6.76. The zero-order chi connectivity index (χ0) is 11.4. The van der Waals surface area contributed by atoms with Crippen LogP contribution in [0.2, 0.25) is 0 Å². The lowest BCUT2D eigenvalue weighted by Crippen LogP contribution is -2.19. The van der Waals surface area contributed by atoms with E-state index in [9.17, 15) is 4.79 Å². The Hall–Kier alpha value is -0.350. The van der Waals surface area contributed by atoms with E-state index in [0.717, 1.165) is 21.1 Å². The second-order valence-electron chi connectivity index (χ2n) is 3.42. The molecule has 1 aromatic rings. The van der Waals surface area contributed by atoms with E-state index in [1.54, 1.807) is 0 Å². The van der Waals surface area contributed by atoms with Gasteiger partial charge in [-0.15, -0.1) is 0 Å². The highest BCUT2D eigenvalue weighted by atomic mass is 79.9. The quantitative estimate of drug-likeness (QED) is 0.882. The molecule has 0 bridgehead atoms. The lowest BCUT2D eigenvalue weighted by Gasteiger charge is -2.11. The van der Waals surface area contributed by atoms with Crippen molar-refractivity contribution in [3.05, 3.63) is 27.1 Å². The van der Waals surface area contributed by atoms with Crippen molar-refractivity contribution >= 4 is 43.5 Å². The van der Waals surface area contributed by atoms with Crippen molar-refractivity contribution in [2.75, 3.05) is 5.32 Å². The molecular weight excluding hydrogens is 322 g/mol. The van der Waals surface area contributed by atoms with Crippen molar-refractivity contribution in [2.24, 2.45) is 5.92 Å². The molecule has 0 aliphatic carbocycles. The molecule has 15 heavy (non-hydrogen) atoms. The molecule has 0 aliphatic rings. The largest absolute Gasteiger partial charge is 0.325 e. The summed E-state index contributed by atoms with van der Waals surface area (Å²) < 4.78 is 1.87. The first kappa shape index (κ1) is 12.7. The third-order valence-electron chi connectivity index (χ3n) is 2.25. The zero-order valence-electron chi connectivity index (χ0n) is 8.68. The van der Waals surface area contributed by atoms with Crippen molar-refractivity contribution in [3.63, 3.8) is 0 Å². The standard InChI is InChI=1S/C11H13Br2NO/c1-3-7(2)11(15)14-10-5-4-8(12)6-9(10)13/h4-7H,3H2,1-2H3,(H,14,15). The van der Waals surface area contributed by atoms with E-state index in [0.29, 0.717) is 0 Å². The Labute approximate surface area is 107 Å². The van der Waals surface area contributed by atoms with Crippen molar-refractivity contribution in [1.29, 1.82) is 0 Å². The van der Waals surface area contributed by atoms with Gasteiger partial charge in [0.05, 0.1) is 5.69 Å². The van der Waals surface area contributed by atoms with Crippen LogP contribution in [0.15, 0.2) is 27.1 Å². The molecule has 0 heterocycles. The maximum atomic E-state index is 11.6. The second kappa shape index (κ2) is 5.66. The maximum Gasteiger partial charge on any atom is 0.227 e. The first-order chi connectivity index (χ1) is 7.04. The topological polar surface area (TPSA) is 29.1 Å².